The second-order valence-electron chi connectivity index (χ2n) is 7.50. The molecule has 0 aliphatic rings. The highest BCUT2D eigenvalue weighted by Gasteiger charge is 2.15. The molecule has 2 N–H and O–H groups in total. The largest absolute Gasteiger partial charge is 0.457 e. The molecule has 0 aliphatic heterocycles. The van der Waals surface area contributed by atoms with Crippen molar-refractivity contribution in [1.82, 2.24) is 15.5 Å². The van der Waals surface area contributed by atoms with Crippen LogP contribution in [-0.4, -0.2) is 43.9 Å². The van der Waals surface area contributed by atoms with Crippen LogP contribution in [0, 0.1) is 0 Å². The van der Waals surface area contributed by atoms with E-state index in [0.29, 0.717) is 23.6 Å². The number of rotatable bonds is 9. The van der Waals surface area contributed by atoms with E-state index in [4.69, 9.17) is 4.42 Å². The third kappa shape index (κ3) is 6.93. The Bertz CT molecular complexity index is 1070. The molecule has 1 heterocycles. The van der Waals surface area contributed by atoms with Gasteiger partial charge in [-0.1, -0.05) is 46.3 Å². The quantitative estimate of drug-likeness (QED) is 0.337. The van der Waals surface area contributed by atoms with Gasteiger partial charge in [-0.2, -0.15) is 0 Å². The molecule has 166 valence electrons. The number of benzene rings is 2. The minimum atomic E-state index is -0.366. The first-order valence-electron chi connectivity index (χ1n) is 10.3. The minimum Gasteiger partial charge on any atom is -0.457 e. The zero-order valence-corrected chi connectivity index (χ0v) is 19.7. The van der Waals surface area contributed by atoms with Gasteiger partial charge >= 0.3 is 0 Å². The first kappa shape index (κ1) is 23.5. The van der Waals surface area contributed by atoms with Crippen molar-refractivity contribution < 1.29 is 14.0 Å². The number of furan rings is 1. The number of carbonyl (C=O) groups is 2. The summed E-state index contributed by atoms with van der Waals surface area (Å²) >= 11 is 3.42. The Morgan fingerprint density at radius 3 is 2.41 bits per heavy atom. The summed E-state index contributed by atoms with van der Waals surface area (Å²) in [5.74, 6) is 0.410. The maximum atomic E-state index is 12.8. The molecule has 0 aliphatic carbocycles. The van der Waals surface area contributed by atoms with E-state index in [9.17, 15) is 9.59 Å². The lowest BCUT2D eigenvalue weighted by Gasteiger charge is -2.12. The maximum Gasteiger partial charge on any atom is 0.267 e. The Labute approximate surface area is 196 Å². The van der Waals surface area contributed by atoms with Crippen LogP contribution in [0.15, 0.2) is 81.3 Å². The maximum absolute atomic E-state index is 12.8. The summed E-state index contributed by atoms with van der Waals surface area (Å²) in [7, 11) is 3.96. The monoisotopic (exact) mass is 495 g/mol. The predicted octanol–water partition coefficient (Wildman–Crippen LogP) is 4.55. The molecule has 3 rings (SSSR count). The summed E-state index contributed by atoms with van der Waals surface area (Å²) in [5, 5.41) is 5.59. The van der Waals surface area contributed by atoms with Crippen LogP contribution in [-0.2, 0) is 4.79 Å². The van der Waals surface area contributed by atoms with Gasteiger partial charge in [0.2, 0.25) is 0 Å². The summed E-state index contributed by atoms with van der Waals surface area (Å²) < 4.78 is 6.88. The van der Waals surface area contributed by atoms with Crippen LogP contribution >= 0.6 is 15.9 Å². The van der Waals surface area contributed by atoms with E-state index in [0.717, 1.165) is 23.0 Å². The molecule has 6 nitrogen and oxygen atoms in total. The SMILES string of the molecule is CN(C)CCCNC(=O)C(=Cc1ccc(-c2ccc(Br)cc2)o1)NC(=O)c1ccccc1. The summed E-state index contributed by atoms with van der Waals surface area (Å²) in [4.78, 5) is 27.5. The van der Waals surface area contributed by atoms with Crippen LogP contribution in [0.4, 0.5) is 0 Å². The second kappa shape index (κ2) is 11.5. The van der Waals surface area contributed by atoms with E-state index in [-0.39, 0.29) is 17.5 Å². The van der Waals surface area contributed by atoms with Gasteiger partial charge in [0.1, 0.15) is 17.2 Å². The average Bonchev–Trinajstić information content (AvgIpc) is 3.25. The lowest BCUT2D eigenvalue weighted by atomic mass is 10.2. The van der Waals surface area contributed by atoms with Crippen molar-refractivity contribution in [2.75, 3.05) is 27.2 Å². The zero-order chi connectivity index (χ0) is 22.9. The fourth-order valence-corrected chi connectivity index (χ4v) is 3.24. The van der Waals surface area contributed by atoms with E-state index < -0.39 is 0 Å². The van der Waals surface area contributed by atoms with Crippen molar-refractivity contribution >= 4 is 33.8 Å². The Hall–Kier alpha value is -3.16. The molecule has 0 bridgehead atoms. The molecule has 7 heteroatoms. The second-order valence-corrected chi connectivity index (χ2v) is 8.42. The standard InChI is InChI=1S/C25H26BrN3O3/c1-29(2)16-6-15-27-25(31)22(28-24(30)19-7-4-3-5-8-19)17-21-13-14-23(32-21)18-9-11-20(26)12-10-18/h3-5,7-14,17H,6,15-16H2,1-2H3,(H,27,31)(H,28,30). The van der Waals surface area contributed by atoms with Crippen LogP contribution in [0.1, 0.15) is 22.5 Å². The van der Waals surface area contributed by atoms with Crippen LogP contribution in [0.25, 0.3) is 17.4 Å². The van der Waals surface area contributed by atoms with Crippen LogP contribution in [0.2, 0.25) is 0 Å². The van der Waals surface area contributed by atoms with Gasteiger partial charge in [-0.3, -0.25) is 9.59 Å². The van der Waals surface area contributed by atoms with E-state index >= 15 is 0 Å². The van der Waals surface area contributed by atoms with Crippen molar-refractivity contribution in [1.29, 1.82) is 0 Å². The van der Waals surface area contributed by atoms with Gasteiger partial charge in [0.15, 0.2) is 0 Å². The lowest BCUT2D eigenvalue weighted by Crippen LogP contribution is -2.36. The highest BCUT2D eigenvalue weighted by Crippen LogP contribution is 2.25. The molecule has 1 aromatic heterocycles. The van der Waals surface area contributed by atoms with E-state index in [1.165, 1.54) is 0 Å². The first-order valence-corrected chi connectivity index (χ1v) is 11.1. The van der Waals surface area contributed by atoms with Gasteiger partial charge in [0, 0.05) is 28.2 Å². The number of carbonyl (C=O) groups excluding carboxylic acids is 2. The van der Waals surface area contributed by atoms with Crippen molar-refractivity contribution in [3.05, 3.63) is 88.2 Å². The van der Waals surface area contributed by atoms with Crippen molar-refractivity contribution in [2.24, 2.45) is 0 Å². The summed E-state index contributed by atoms with van der Waals surface area (Å²) in [6.07, 6.45) is 2.34. The highest BCUT2D eigenvalue weighted by atomic mass is 79.9. The topological polar surface area (TPSA) is 74.6 Å². The van der Waals surface area contributed by atoms with Crippen molar-refractivity contribution in [2.45, 2.75) is 6.42 Å². The van der Waals surface area contributed by atoms with E-state index in [1.54, 1.807) is 36.4 Å². The first-order chi connectivity index (χ1) is 15.4. The van der Waals surface area contributed by atoms with Crippen molar-refractivity contribution in [3.63, 3.8) is 0 Å². The third-order valence-corrected chi connectivity index (χ3v) is 5.17. The molecule has 3 aromatic rings. The van der Waals surface area contributed by atoms with Gasteiger partial charge < -0.3 is 20.0 Å². The van der Waals surface area contributed by atoms with E-state index in [1.807, 2.05) is 55.4 Å². The highest BCUT2D eigenvalue weighted by molar-refractivity contribution is 9.10. The molecular weight excluding hydrogens is 470 g/mol. The molecule has 0 spiro atoms. The minimum absolute atomic E-state index is 0.125. The molecule has 0 radical (unpaired) electrons. The molecule has 2 amide bonds. The van der Waals surface area contributed by atoms with Gasteiger partial charge in [-0.25, -0.2) is 0 Å². The molecule has 0 atom stereocenters. The third-order valence-electron chi connectivity index (χ3n) is 4.64. The van der Waals surface area contributed by atoms with Gasteiger partial charge in [-0.15, -0.1) is 0 Å². The molecule has 0 fully saturated rings. The summed E-state index contributed by atoms with van der Waals surface area (Å²) in [6.45, 7) is 1.35. The average molecular weight is 496 g/mol. The lowest BCUT2D eigenvalue weighted by molar-refractivity contribution is -0.117. The molecule has 32 heavy (non-hydrogen) atoms. The number of hydrogen-bond donors (Lipinski definition) is 2. The summed E-state index contributed by atoms with van der Waals surface area (Å²) in [5.41, 5.74) is 1.50. The van der Waals surface area contributed by atoms with Gasteiger partial charge in [0.05, 0.1) is 0 Å². The smallest absolute Gasteiger partial charge is 0.267 e. The summed E-state index contributed by atoms with van der Waals surface area (Å²) in [6, 6.07) is 20.1. The van der Waals surface area contributed by atoms with Gasteiger partial charge in [0.25, 0.3) is 11.8 Å². The number of amides is 2. The number of nitrogens with zero attached hydrogens (tertiary/aromatic N) is 1. The predicted molar refractivity (Wildman–Crippen MR) is 130 cm³/mol. The Kier molecular flexibility index (Phi) is 8.41. The Balaban J connectivity index is 1.79. The molecule has 0 saturated carbocycles. The van der Waals surface area contributed by atoms with Crippen molar-refractivity contribution in [3.8, 4) is 11.3 Å². The zero-order valence-electron chi connectivity index (χ0n) is 18.1. The number of nitrogens with one attached hydrogen (secondary N) is 2. The van der Waals surface area contributed by atoms with Crippen LogP contribution < -0.4 is 10.6 Å². The molecule has 2 aromatic carbocycles. The normalized spacial score (nSPS) is 11.4. The molecule has 0 unspecified atom stereocenters. The molecule has 0 saturated heterocycles. The molecular formula is C25H26BrN3O3. The fourth-order valence-electron chi connectivity index (χ4n) is 2.98. The van der Waals surface area contributed by atoms with Crippen LogP contribution in [0.5, 0.6) is 0 Å². The number of hydrogen-bond acceptors (Lipinski definition) is 4. The fraction of sp³-hybridized carbons (Fsp3) is 0.200. The Morgan fingerprint density at radius 2 is 1.72 bits per heavy atom. The Morgan fingerprint density at radius 1 is 1.00 bits per heavy atom. The number of halogens is 1. The van der Waals surface area contributed by atoms with E-state index in [2.05, 4.69) is 26.6 Å². The van der Waals surface area contributed by atoms with Crippen LogP contribution in [0.3, 0.4) is 0 Å². The van der Waals surface area contributed by atoms with Gasteiger partial charge in [-0.05, 0) is 63.5 Å².